The molecular weight excluding hydrogens is 399 g/mol. The van der Waals surface area contributed by atoms with Gasteiger partial charge < -0.3 is 14.6 Å². The summed E-state index contributed by atoms with van der Waals surface area (Å²) in [4.78, 5) is 21.2. The van der Waals surface area contributed by atoms with Gasteiger partial charge in [-0.05, 0) is 29.8 Å². The third-order valence-corrected chi connectivity index (χ3v) is 5.55. The summed E-state index contributed by atoms with van der Waals surface area (Å²) in [5, 5.41) is 28.3. The van der Waals surface area contributed by atoms with Gasteiger partial charge in [-0.2, -0.15) is 10.5 Å². The van der Waals surface area contributed by atoms with Crippen molar-refractivity contribution < 1.29 is 9.50 Å². The van der Waals surface area contributed by atoms with Crippen molar-refractivity contribution in [1.82, 2.24) is 14.5 Å². The fourth-order valence-electron chi connectivity index (χ4n) is 3.90. The molecule has 0 spiro atoms. The highest BCUT2D eigenvalue weighted by molar-refractivity contribution is 5.92. The first-order valence-electron chi connectivity index (χ1n) is 9.71. The highest BCUT2D eigenvalue weighted by Gasteiger charge is 2.25. The molecule has 9 heteroatoms. The summed E-state index contributed by atoms with van der Waals surface area (Å²) in [7, 11) is 1.58. The second kappa shape index (κ2) is 8.05. The van der Waals surface area contributed by atoms with Gasteiger partial charge in [-0.3, -0.25) is 9.69 Å². The van der Waals surface area contributed by atoms with Gasteiger partial charge in [-0.1, -0.05) is 6.07 Å². The molecule has 0 unspecified atom stereocenters. The van der Waals surface area contributed by atoms with Gasteiger partial charge in [0, 0.05) is 39.8 Å². The van der Waals surface area contributed by atoms with Gasteiger partial charge in [0.05, 0.1) is 11.2 Å². The van der Waals surface area contributed by atoms with E-state index in [0.717, 1.165) is 5.56 Å². The Bertz CT molecular complexity index is 1310. The molecule has 0 atom stereocenters. The van der Waals surface area contributed by atoms with Crippen LogP contribution < -0.4 is 10.5 Å². The zero-order valence-corrected chi connectivity index (χ0v) is 16.8. The van der Waals surface area contributed by atoms with E-state index in [2.05, 4.69) is 9.88 Å². The highest BCUT2D eigenvalue weighted by atomic mass is 19.1. The zero-order chi connectivity index (χ0) is 22.1. The van der Waals surface area contributed by atoms with Crippen LogP contribution >= 0.6 is 0 Å². The average molecular weight is 418 g/mol. The van der Waals surface area contributed by atoms with Gasteiger partial charge in [-0.25, -0.2) is 9.37 Å². The number of phenols is 1. The molecule has 3 aromatic rings. The number of pyridine rings is 2. The van der Waals surface area contributed by atoms with E-state index in [9.17, 15) is 24.8 Å². The molecule has 0 aliphatic carbocycles. The number of hydrogen-bond donors (Lipinski definition) is 1. The van der Waals surface area contributed by atoms with Gasteiger partial charge in [-0.15, -0.1) is 0 Å². The van der Waals surface area contributed by atoms with Crippen LogP contribution in [0.2, 0.25) is 0 Å². The first-order chi connectivity index (χ1) is 14.9. The second-order valence-corrected chi connectivity index (χ2v) is 7.42. The summed E-state index contributed by atoms with van der Waals surface area (Å²) in [5.74, 6) is -1.03. The lowest BCUT2D eigenvalue weighted by Crippen LogP contribution is -2.47. The number of benzene rings is 1. The fraction of sp³-hybridized carbons (Fsp3) is 0.273. The molecule has 3 heterocycles. The molecule has 0 saturated carbocycles. The number of piperazine rings is 1. The van der Waals surface area contributed by atoms with Crippen LogP contribution in [0.5, 0.6) is 5.75 Å². The fourth-order valence-corrected chi connectivity index (χ4v) is 3.90. The quantitative estimate of drug-likeness (QED) is 0.691. The summed E-state index contributed by atoms with van der Waals surface area (Å²) in [6.45, 7) is 2.85. The number of fused-ring (bicyclic) bond motifs is 1. The molecule has 1 saturated heterocycles. The van der Waals surface area contributed by atoms with Gasteiger partial charge in [0.25, 0.3) is 5.56 Å². The Morgan fingerprint density at radius 3 is 2.52 bits per heavy atom. The van der Waals surface area contributed by atoms with E-state index >= 15 is 0 Å². The van der Waals surface area contributed by atoms with E-state index in [4.69, 9.17) is 0 Å². The number of aromatic hydroxyl groups is 1. The number of halogens is 1. The molecule has 0 radical (unpaired) electrons. The minimum atomic E-state index is -0.652. The Morgan fingerprint density at radius 2 is 1.87 bits per heavy atom. The summed E-state index contributed by atoms with van der Waals surface area (Å²) < 4.78 is 15.0. The Kier molecular flexibility index (Phi) is 5.28. The van der Waals surface area contributed by atoms with Crippen molar-refractivity contribution in [1.29, 1.82) is 10.5 Å². The summed E-state index contributed by atoms with van der Waals surface area (Å²) >= 11 is 0. The highest BCUT2D eigenvalue weighted by Crippen LogP contribution is 2.28. The van der Waals surface area contributed by atoms with Crippen LogP contribution in [0.4, 0.5) is 10.1 Å². The zero-order valence-electron chi connectivity index (χ0n) is 16.8. The second-order valence-electron chi connectivity index (χ2n) is 7.42. The number of nitriles is 2. The number of anilines is 1. The van der Waals surface area contributed by atoms with Gasteiger partial charge >= 0.3 is 0 Å². The molecule has 156 valence electrons. The van der Waals surface area contributed by atoms with Gasteiger partial charge in [0.2, 0.25) is 0 Å². The Labute approximate surface area is 177 Å². The maximum atomic E-state index is 13.6. The smallest absolute Gasteiger partial charge is 0.270 e. The molecule has 8 nitrogen and oxygen atoms in total. The molecule has 1 aromatic carbocycles. The number of phenolic OH excluding ortho intramolecular Hbond substituents is 1. The number of aromatic nitrogens is 2. The number of hydrogen-bond acceptors (Lipinski definition) is 7. The SMILES string of the molecule is Cn1c(=O)c(C#N)c(N2CCN(Cc3ccc(O)c(F)c3)CC2)c2nc(C#N)ccc21. The van der Waals surface area contributed by atoms with E-state index < -0.39 is 11.4 Å². The maximum absolute atomic E-state index is 13.6. The van der Waals surface area contributed by atoms with E-state index in [1.54, 1.807) is 25.2 Å². The topological polar surface area (TPSA) is 109 Å². The van der Waals surface area contributed by atoms with Crippen molar-refractivity contribution >= 4 is 16.7 Å². The summed E-state index contributed by atoms with van der Waals surface area (Å²) in [5.41, 5.74) is 2.02. The van der Waals surface area contributed by atoms with Crippen LogP contribution in [0.3, 0.4) is 0 Å². The first kappa shape index (κ1) is 20.3. The van der Waals surface area contributed by atoms with Crippen LogP contribution in [0, 0.1) is 28.5 Å². The van der Waals surface area contributed by atoms with Crippen LogP contribution in [0.1, 0.15) is 16.8 Å². The molecule has 1 N–H and O–H groups in total. The molecule has 1 aliphatic heterocycles. The van der Waals surface area contributed by atoms with Crippen LogP contribution in [-0.2, 0) is 13.6 Å². The van der Waals surface area contributed by atoms with Crippen molar-refractivity contribution in [3.05, 3.63) is 63.3 Å². The third kappa shape index (κ3) is 3.67. The van der Waals surface area contributed by atoms with Crippen LogP contribution in [0.15, 0.2) is 35.1 Å². The number of rotatable bonds is 3. The molecule has 0 bridgehead atoms. The Balaban J connectivity index is 1.65. The minimum Gasteiger partial charge on any atom is -0.505 e. The molecular formula is C22H19FN6O2. The number of nitrogens with zero attached hydrogens (tertiary/aromatic N) is 6. The minimum absolute atomic E-state index is 0.00615. The normalized spacial score (nSPS) is 14.4. The molecule has 1 fully saturated rings. The van der Waals surface area contributed by atoms with Gasteiger partial charge in [0.1, 0.15) is 28.9 Å². The largest absolute Gasteiger partial charge is 0.505 e. The van der Waals surface area contributed by atoms with Crippen molar-refractivity contribution in [3.63, 3.8) is 0 Å². The number of aryl methyl sites for hydroxylation is 1. The van der Waals surface area contributed by atoms with E-state index in [-0.39, 0.29) is 17.0 Å². The van der Waals surface area contributed by atoms with Crippen LogP contribution in [0.25, 0.3) is 11.0 Å². The monoisotopic (exact) mass is 418 g/mol. The van der Waals surface area contributed by atoms with Crippen molar-refractivity contribution in [2.24, 2.45) is 7.05 Å². The van der Waals surface area contributed by atoms with E-state index in [1.807, 2.05) is 17.0 Å². The lowest BCUT2D eigenvalue weighted by atomic mass is 10.1. The van der Waals surface area contributed by atoms with Gasteiger partial charge in [0.15, 0.2) is 11.6 Å². The Hall–Kier alpha value is -3.95. The predicted molar refractivity (Wildman–Crippen MR) is 112 cm³/mol. The molecule has 1 aliphatic rings. The van der Waals surface area contributed by atoms with E-state index in [0.29, 0.717) is 49.4 Å². The van der Waals surface area contributed by atoms with E-state index in [1.165, 1.54) is 16.7 Å². The van der Waals surface area contributed by atoms with Crippen molar-refractivity contribution in [3.8, 4) is 17.9 Å². The summed E-state index contributed by atoms with van der Waals surface area (Å²) in [6.07, 6.45) is 0. The maximum Gasteiger partial charge on any atom is 0.270 e. The molecule has 4 rings (SSSR count). The third-order valence-electron chi connectivity index (χ3n) is 5.55. The molecule has 2 aromatic heterocycles. The summed E-state index contributed by atoms with van der Waals surface area (Å²) in [6, 6.07) is 11.6. The predicted octanol–water partition coefficient (Wildman–Crippen LogP) is 1.84. The molecule has 31 heavy (non-hydrogen) atoms. The first-order valence-corrected chi connectivity index (χ1v) is 9.71. The standard InChI is InChI=1S/C22H19FN6O2/c1-27-18-4-3-15(11-24)26-20(18)21(16(12-25)22(27)31)29-8-6-28(7-9-29)13-14-2-5-19(30)17(23)10-14/h2-5,10,30H,6-9,13H2,1H3. The molecule has 0 amide bonds. The van der Waals surface area contributed by atoms with Crippen molar-refractivity contribution in [2.75, 3.05) is 31.1 Å². The lowest BCUT2D eigenvalue weighted by molar-refractivity contribution is 0.249. The lowest BCUT2D eigenvalue weighted by Gasteiger charge is -2.36. The van der Waals surface area contributed by atoms with Crippen molar-refractivity contribution in [2.45, 2.75) is 6.54 Å². The van der Waals surface area contributed by atoms with Crippen LogP contribution in [-0.4, -0.2) is 45.7 Å². The average Bonchev–Trinajstić information content (AvgIpc) is 2.79. The Morgan fingerprint density at radius 1 is 1.13 bits per heavy atom.